The molecule has 0 heterocycles. The molecule has 0 bridgehead atoms. The highest BCUT2D eigenvalue weighted by molar-refractivity contribution is 7.79. The van der Waals surface area contributed by atoms with Gasteiger partial charge in [0.2, 0.25) is 0 Å². The summed E-state index contributed by atoms with van der Waals surface area (Å²) in [6.07, 6.45) is 2.79. The average molecular weight is 273 g/mol. The second-order valence-electron chi connectivity index (χ2n) is 6.32. The Morgan fingerprint density at radius 3 is 1.50 bits per heavy atom. The minimum absolute atomic E-state index is 0.331. The van der Waals surface area contributed by atoms with Gasteiger partial charge in [0, 0.05) is 13.7 Å². The van der Waals surface area contributed by atoms with Gasteiger partial charge in [-0.2, -0.15) is 0 Å². The van der Waals surface area contributed by atoms with E-state index in [0.717, 1.165) is 19.3 Å². The van der Waals surface area contributed by atoms with E-state index in [4.69, 9.17) is 0 Å². The van der Waals surface area contributed by atoms with E-state index in [1.165, 1.54) is 0 Å². The van der Waals surface area contributed by atoms with Crippen LogP contribution in [-0.2, 0) is 4.79 Å². The first kappa shape index (κ1) is 18.1. The highest BCUT2D eigenvalue weighted by atomic mass is 31.2. The first-order valence-corrected chi connectivity index (χ1v) is 9.73. The molecule has 0 aliphatic heterocycles. The molecule has 108 valence electrons. The lowest BCUT2D eigenvalue weighted by Gasteiger charge is -2.43. The average Bonchev–Trinajstić information content (AvgIpc) is 2.23. The molecule has 0 unspecified atom stereocenters. The first-order valence-electron chi connectivity index (χ1n) is 7.67. The summed E-state index contributed by atoms with van der Waals surface area (Å²) in [4.78, 5) is 12.6. The van der Waals surface area contributed by atoms with E-state index in [9.17, 15) is 4.79 Å². The summed E-state index contributed by atoms with van der Waals surface area (Å²) in [7, 11) is -1.26. The molecule has 0 amide bonds. The van der Waals surface area contributed by atoms with E-state index < -0.39 is 7.26 Å². The van der Waals surface area contributed by atoms with E-state index in [1.54, 1.807) is 0 Å². The molecule has 0 aromatic carbocycles. The van der Waals surface area contributed by atoms with Crippen LogP contribution in [0.2, 0.25) is 0 Å². The summed E-state index contributed by atoms with van der Waals surface area (Å²) in [5.41, 5.74) is 2.30. The number of carbonyl (C=O) groups excluding carboxylic acids is 1. The van der Waals surface area contributed by atoms with Crippen molar-refractivity contribution in [2.45, 2.75) is 97.3 Å². The molecule has 0 aliphatic rings. The van der Waals surface area contributed by atoms with Crippen LogP contribution in [0, 0.1) is 0 Å². The molecule has 0 saturated heterocycles. The van der Waals surface area contributed by atoms with Crippen LogP contribution >= 0.6 is 7.26 Å². The van der Waals surface area contributed by atoms with Gasteiger partial charge in [-0.25, -0.2) is 0 Å². The zero-order chi connectivity index (χ0) is 14.5. The zero-order valence-electron chi connectivity index (χ0n) is 13.8. The van der Waals surface area contributed by atoms with Crippen LogP contribution in [0.1, 0.15) is 74.7 Å². The second-order valence-corrected chi connectivity index (χ2v) is 11.8. The van der Waals surface area contributed by atoms with Crippen molar-refractivity contribution in [3.63, 3.8) is 0 Å². The van der Waals surface area contributed by atoms with Crippen molar-refractivity contribution < 1.29 is 4.79 Å². The van der Waals surface area contributed by atoms with E-state index >= 15 is 0 Å². The number of ketones is 1. The monoisotopic (exact) mass is 273 g/mol. The summed E-state index contributed by atoms with van der Waals surface area (Å²) in [6.45, 7) is 18.4. The summed E-state index contributed by atoms with van der Waals surface area (Å²) in [6, 6.07) is 0. The molecular weight excluding hydrogens is 239 g/mol. The number of hydrogen-bond acceptors (Lipinski definition) is 1. The Morgan fingerprint density at radius 2 is 1.28 bits per heavy atom. The van der Waals surface area contributed by atoms with E-state index in [0.29, 0.717) is 28.4 Å². The summed E-state index contributed by atoms with van der Waals surface area (Å²) in [5.74, 6) is 0.532. The van der Waals surface area contributed by atoms with Crippen molar-refractivity contribution in [1.82, 2.24) is 0 Å². The minimum Gasteiger partial charge on any atom is -0.295 e. The molecule has 1 nitrogen and oxygen atoms in total. The van der Waals surface area contributed by atoms with Crippen LogP contribution in [0.4, 0.5) is 0 Å². The van der Waals surface area contributed by atoms with Crippen molar-refractivity contribution in [3.8, 4) is 0 Å². The number of Topliss-reactive ketones (excluding diaryl/α,β-unsaturated/α-hetero) is 1. The van der Waals surface area contributed by atoms with Gasteiger partial charge in [-0.15, -0.1) is 0 Å². The molecule has 0 fully saturated rings. The Kier molecular flexibility index (Phi) is 7.67. The van der Waals surface area contributed by atoms with Gasteiger partial charge in [0.15, 0.2) is 5.78 Å². The molecule has 0 aromatic rings. The van der Waals surface area contributed by atoms with E-state index in [1.807, 2.05) is 0 Å². The molecule has 18 heavy (non-hydrogen) atoms. The van der Waals surface area contributed by atoms with Gasteiger partial charge in [-0.3, -0.25) is 4.79 Å². The zero-order valence-corrected chi connectivity index (χ0v) is 14.7. The van der Waals surface area contributed by atoms with Crippen molar-refractivity contribution in [1.29, 1.82) is 0 Å². The third kappa shape index (κ3) is 3.35. The lowest BCUT2D eigenvalue weighted by Crippen LogP contribution is -2.37. The predicted molar refractivity (Wildman–Crippen MR) is 86.3 cm³/mol. The molecule has 0 N–H and O–H groups in total. The maximum atomic E-state index is 12.6. The normalized spacial score (nSPS) is 14.6. The highest BCUT2D eigenvalue weighted by Crippen LogP contribution is 2.74. The standard InChI is InChI=1S/C16H34OP/c1-9-11-15(17)16(10-2)18(12(3)4,13(5)6)14(7)8/h12-14,16H,9-11H2,1-8H3/q+1/t16-/m1/s1. The van der Waals surface area contributed by atoms with E-state index in [-0.39, 0.29) is 0 Å². The Morgan fingerprint density at radius 1 is 0.889 bits per heavy atom. The topological polar surface area (TPSA) is 17.1 Å². The molecule has 2 heteroatoms. The maximum Gasteiger partial charge on any atom is 0.172 e. The Bertz CT molecular complexity index is 234. The fourth-order valence-electron chi connectivity index (χ4n) is 4.07. The largest absolute Gasteiger partial charge is 0.295 e. The first-order chi connectivity index (χ1) is 8.26. The number of carbonyl (C=O) groups is 1. The summed E-state index contributed by atoms with van der Waals surface area (Å²) < 4.78 is 0. The summed E-state index contributed by atoms with van der Waals surface area (Å²) in [5, 5.41) is 0. The van der Waals surface area contributed by atoms with Gasteiger partial charge in [-0.1, -0.05) is 13.8 Å². The Balaban J connectivity index is 5.58. The van der Waals surface area contributed by atoms with Crippen LogP contribution in [0.15, 0.2) is 0 Å². The van der Waals surface area contributed by atoms with Crippen LogP contribution in [0.3, 0.4) is 0 Å². The van der Waals surface area contributed by atoms with Crippen LogP contribution < -0.4 is 0 Å². The maximum absolute atomic E-state index is 12.6. The van der Waals surface area contributed by atoms with Gasteiger partial charge in [0.05, 0.1) is 17.0 Å². The third-order valence-electron chi connectivity index (χ3n) is 4.48. The molecular formula is C16H34OP+. The van der Waals surface area contributed by atoms with Crippen molar-refractivity contribution in [2.75, 3.05) is 0 Å². The molecule has 1 atom stereocenters. The van der Waals surface area contributed by atoms with Gasteiger partial charge < -0.3 is 0 Å². The van der Waals surface area contributed by atoms with Crippen molar-refractivity contribution in [2.24, 2.45) is 0 Å². The molecule has 0 rings (SSSR count). The summed E-state index contributed by atoms with van der Waals surface area (Å²) >= 11 is 0. The molecule has 0 radical (unpaired) electrons. The lowest BCUT2D eigenvalue weighted by molar-refractivity contribution is -0.118. The predicted octanol–water partition coefficient (Wildman–Crippen LogP) is 5.38. The van der Waals surface area contributed by atoms with E-state index in [2.05, 4.69) is 55.4 Å². The number of hydrogen-bond donors (Lipinski definition) is 0. The lowest BCUT2D eigenvalue weighted by atomic mass is 10.1. The van der Waals surface area contributed by atoms with Gasteiger partial charge in [-0.05, 0) is 54.4 Å². The fourth-order valence-corrected chi connectivity index (χ4v) is 11.1. The highest BCUT2D eigenvalue weighted by Gasteiger charge is 2.55. The fraction of sp³-hybridized carbons (Fsp3) is 0.938. The smallest absolute Gasteiger partial charge is 0.172 e. The molecule has 0 saturated carbocycles. The van der Waals surface area contributed by atoms with Crippen LogP contribution in [0.5, 0.6) is 0 Å². The van der Waals surface area contributed by atoms with Crippen LogP contribution in [-0.4, -0.2) is 28.4 Å². The van der Waals surface area contributed by atoms with Crippen molar-refractivity contribution in [3.05, 3.63) is 0 Å². The quantitative estimate of drug-likeness (QED) is 0.543. The second kappa shape index (κ2) is 7.63. The van der Waals surface area contributed by atoms with Crippen molar-refractivity contribution >= 4 is 13.0 Å². The molecule has 0 spiro atoms. The van der Waals surface area contributed by atoms with Gasteiger partial charge >= 0.3 is 0 Å². The Hall–Kier alpha value is 0.100. The van der Waals surface area contributed by atoms with Crippen LogP contribution in [0.25, 0.3) is 0 Å². The molecule has 0 aromatic heterocycles. The minimum atomic E-state index is -1.26. The Labute approximate surface area is 115 Å². The number of rotatable bonds is 8. The van der Waals surface area contributed by atoms with Gasteiger partial charge in [0.1, 0.15) is 5.66 Å². The third-order valence-corrected chi connectivity index (χ3v) is 11.6. The van der Waals surface area contributed by atoms with Gasteiger partial charge in [0.25, 0.3) is 0 Å². The molecule has 0 aliphatic carbocycles. The SMILES string of the molecule is CCCC(=O)[C@@H](CC)[P+](C(C)C)(C(C)C)C(C)C.